The van der Waals surface area contributed by atoms with Crippen LogP contribution in [0.1, 0.15) is 22.2 Å². The van der Waals surface area contributed by atoms with Gasteiger partial charge in [0.1, 0.15) is 0 Å². The van der Waals surface area contributed by atoms with Crippen LogP contribution in [0.3, 0.4) is 0 Å². The van der Waals surface area contributed by atoms with Gasteiger partial charge in [-0.2, -0.15) is 0 Å². The maximum Gasteiger partial charge on any atom is 0.261 e. The van der Waals surface area contributed by atoms with Crippen molar-refractivity contribution in [3.05, 3.63) is 138 Å². The van der Waals surface area contributed by atoms with Crippen LogP contribution in [0.4, 0.5) is 0 Å². The summed E-state index contributed by atoms with van der Waals surface area (Å²) < 4.78 is 29.8. The van der Waals surface area contributed by atoms with Gasteiger partial charge in [-0.3, -0.25) is 4.72 Å². The Morgan fingerprint density at radius 2 is 1.26 bits per heavy atom. The van der Waals surface area contributed by atoms with E-state index in [4.69, 9.17) is 0 Å². The summed E-state index contributed by atoms with van der Waals surface area (Å²) in [4.78, 5) is 0.251. The highest BCUT2D eigenvalue weighted by Crippen LogP contribution is 2.32. The van der Waals surface area contributed by atoms with E-state index in [0.29, 0.717) is 5.70 Å². The fourth-order valence-corrected chi connectivity index (χ4v) is 8.43. The maximum absolute atomic E-state index is 13.4. The lowest BCUT2D eigenvalue weighted by Crippen LogP contribution is -2.47. The topological polar surface area (TPSA) is 46.2 Å². The van der Waals surface area contributed by atoms with Crippen molar-refractivity contribution in [1.29, 1.82) is 0 Å². The van der Waals surface area contributed by atoms with E-state index < -0.39 is 18.1 Å². The summed E-state index contributed by atoms with van der Waals surface area (Å²) in [5.41, 5.74) is 3.67. The average Bonchev–Trinajstić information content (AvgIpc) is 2.88. The Hall–Kier alpha value is -3.41. The van der Waals surface area contributed by atoms with Gasteiger partial charge in [0.2, 0.25) is 0 Å². The van der Waals surface area contributed by atoms with Crippen LogP contribution < -0.4 is 9.91 Å². The van der Waals surface area contributed by atoms with Crippen LogP contribution in [0.15, 0.2) is 126 Å². The Bertz CT molecular complexity index is 1380. The lowest BCUT2D eigenvalue weighted by Gasteiger charge is -2.32. The first-order chi connectivity index (χ1) is 16.8. The van der Waals surface area contributed by atoms with E-state index in [9.17, 15) is 8.42 Å². The molecule has 4 aromatic carbocycles. The lowest BCUT2D eigenvalue weighted by molar-refractivity contribution is 0.591. The Morgan fingerprint density at radius 1 is 0.743 bits per heavy atom. The number of hydrogen-bond donors (Lipinski definition) is 1. The van der Waals surface area contributed by atoms with Crippen LogP contribution in [0, 0.1) is 6.92 Å². The van der Waals surface area contributed by atoms with Gasteiger partial charge >= 0.3 is 0 Å². The molecule has 1 atom stereocenters. The predicted octanol–water partition coefficient (Wildman–Crippen LogP) is 6.25. The molecule has 35 heavy (non-hydrogen) atoms. The largest absolute Gasteiger partial charge is 0.279 e. The highest BCUT2D eigenvalue weighted by Gasteiger charge is 2.34. The summed E-state index contributed by atoms with van der Waals surface area (Å²) in [6, 6.07) is 37.6. The minimum absolute atomic E-state index is 0.0435. The molecule has 178 valence electrons. The van der Waals surface area contributed by atoms with Crippen molar-refractivity contribution in [2.75, 3.05) is 0 Å². The predicted molar refractivity (Wildman–Crippen MR) is 149 cm³/mol. The summed E-state index contributed by atoms with van der Waals surface area (Å²) in [5, 5.41) is 1.32. The van der Waals surface area contributed by atoms with E-state index in [1.54, 1.807) is 12.1 Å². The Morgan fingerprint density at radius 3 is 1.83 bits per heavy atom. The molecule has 0 spiro atoms. The molecular formula is C30H31NO2SSi. The SMILES string of the molecule is Cc1ccc(S(=O)(=O)N/C(=C/C(c2ccccc2)[Si](C)(C)c2ccccc2)c2ccccc2)cc1. The second-order valence-electron chi connectivity index (χ2n) is 9.34. The zero-order valence-corrected chi connectivity index (χ0v) is 22.2. The van der Waals surface area contributed by atoms with Crippen molar-refractivity contribution in [2.45, 2.75) is 30.5 Å². The van der Waals surface area contributed by atoms with E-state index in [1.807, 2.05) is 73.7 Å². The van der Waals surface area contributed by atoms with Gasteiger partial charge < -0.3 is 0 Å². The van der Waals surface area contributed by atoms with Crippen molar-refractivity contribution >= 4 is 29.0 Å². The Kier molecular flexibility index (Phi) is 7.38. The number of benzene rings is 4. The maximum atomic E-state index is 13.4. The number of allylic oxidation sites excluding steroid dienone is 1. The second-order valence-corrected chi connectivity index (χ2v) is 15.7. The molecule has 5 heteroatoms. The van der Waals surface area contributed by atoms with Crippen molar-refractivity contribution in [1.82, 2.24) is 4.72 Å². The van der Waals surface area contributed by atoms with Gasteiger partial charge in [-0.05, 0) is 30.2 Å². The number of aryl methyl sites for hydroxylation is 1. The molecule has 0 bridgehead atoms. The summed E-state index contributed by atoms with van der Waals surface area (Å²) in [5.74, 6) is 0. The smallest absolute Gasteiger partial charge is 0.261 e. The third-order valence-electron chi connectivity index (χ3n) is 6.45. The van der Waals surface area contributed by atoms with Crippen molar-refractivity contribution in [2.24, 2.45) is 0 Å². The first-order valence-electron chi connectivity index (χ1n) is 11.7. The van der Waals surface area contributed by atoms with Crippen LogP contribution in [0.2, 0.25) is 13.1 Å². The fraction of sp³-hybridized carbons (Fsp3) is 0.133. The molecule has 0 aromatic heterocycles. The van der Waals surface area contributed by atoms with Crippen LogP contribution >= 0.6 is 0 Å². The number of hydrogen-bond acceptors (Lipinski definition) is 2. The van der Waals surface area contributed by atoms with E-state index in [1.165, 1.54) is 10.8 Å². The zero-order valence-electron chi connectivity index (χ0n) is 20.3. The molecule has 0 aliphatic rings. The molecule has 0 amide bonds. The molecule has 4 rings (SSSR count). The minimum atomic E-state index is -3.77. The molecule has 3 nitrogen and oxygen atoms in total. The normalized spacial score (nSPS) is 13.3. The van der Waals surface area contributed by atoms with Crippen molar-refractivity contribution < 1.29 is 8.42 Å². The Labute approximate surface area is 210 Å². The highest BCUT2D eigenvalue weighted by atomic mass is 32.2. The van der Waals surface area contributed by atoms with E-state index in [2.05, 4.69) is 60.3 Å². The quantitative estimate of drug-likeness (QED) is 0.292. The molecule has 0 aliphatic heterocycles. The molecule has 0 aliphatic carbocycles. The molecule has 4 aromatic rings. The van der Waals surface area contributed by atoms with Gasteiger partial charge in [0.25, 0.3) is 10.0 Å². The van der Waals surface area contributed by atoms with Crippen LogP contribution in [-0.2, 0) is 10.0 Å². The molecule has 0 fully saturated rings. The number of sulfonamides is 1. The third kappa shape index (κ3) is 5.81. The highest BCUT2D eigenvalue weighted by molar-refractivity contribution is 7.89. The van der Waals surface area contributed by atoms with Crippen LogP contribution in [-0.4, -0.2) is 16.5 Å². The molecule has 0 saturated heterocycles. The monoisotopic (exact) mass is 497 g/mol. The first kappa shape index (κ1) is 24.7. The first-order valence-corrected chi connectivity index (χ1v) is 16.3. The van der Waals surface area contributed by atoms with Gasteiger partial charge in [0.05, 0.1) is 18.7 Å². The Balaban J connectivity index is 1.86. The van der Waals surface area contributed by atoms with Gasteiger partial charge in [-0.25, -0.2) is 8.42 Å². The third-order valence-corrected chi connectivity index (χ3v) is 11.7. The molecule has 0 saturated carbocycles. The van der Waals surface area contributed by atoms with Gasteiger partial charge in [0, 0.05) is 5.54 Å². The van der Waals surface area contributed by atoms with Gasteiger partial charge in [-0.15, -0.1) is 0 Å². The van der Waals surface area contributed by atoms with E-state index in [0.717, 1.165) is 11.1 Å². The average molecular weight is 498 g/mol. The zero-order chi connectivity index (χ0) is 24.9. The van der Waals surface area contributed by atoms with Crippen molar-refractivity contribution in [3.8, 4) is 0 Å². The summed E-state index contributed by atoms with van der Waals surface area (Å²) in [6.45, 7) is 6.63. The second kappa shape index (κ2) is 10.5. The molecular weight excluding hydrogens is 466 g/mol. The van der Waals surface area contributed by atoms with Gasteiger partial charge in [0.15, 0.2) is 0 Å². The molecule has 1 unspecified atom stereocenters. The molecule has 0 radical (unpaired) electrons. The number of rotatable bonds is 8. The van der Waals surface area contributed by atoms with E-state index in [-0.39, 0.29) is 10.4 Å². The number of nitrogens with one attached hydrogen (secondary N) is 1. The van der Waals surface area contributed by atoms with Crippen LogP contribution in [0.5, 0.6) is 0 Å². The fourth-order valence-electron chi connectivity index (χ4n) is 4.32. The van der Waals surface area contributed by atoms with E-state index >= 15 is 0 Å². The lowest BCUT2D eigenvalue weighted by atomic mass is 10.1. The summed E-state index contributed by atoms with van der Waals surface area (Å²) in [7, 11) is -5.88. The molecule has 0 heterocycles. The van der Waals surface area contributed by atoms with Gasteiger partial charge in [-0.1, -0.05) is 133 Å². The molecule has 1 N–H and O–H groups in total. The van der Waals surface area contributed by atoms with Crippen molar-refractivity contribution in [3.63, 3.8) is 0 Å². The minimum Gasteiger partial charge on any atom is -0.279 e. The van der Waals surface area contributed by atoms with Crippen LogP contribution in [0.25, 0.3) is 5.70 Å². The summed E-state index contributed by atoms with van der Waals surface area (Å²) >= 11 is 0. The summed E-state index contributed by atoms with van der Waals surface area (Å²) in [6.07, 6.45) is 2.12. The standard InChI is InChI=1S/C30H31NO2SSi/c1-24-19-21-27(22-20-24)34(32,33)31-29(25-13-7-4-8-14-25)23-30(26-15-9-5-10-16-26)35(2,3)28-17-11-6-12-18-28/h4-23,30-31H,1-3H3/b29-23+.